The SMILES string of the molecule is Cc1cc(C2C(c3ccccn3)NC(=S)N2CCCN(C)C)c(C)n1C1CC1. The second-order valence-corrected chi connectivity index (χ2v) is 8.79. The van der Waals surface area contributed by atoms with Crippen LogP contribution in [0.3, 0.4) is 0 Å². The molecule has 0 aromatic carbocycles. The molecule has 1 N–H and O–H groups in total. The Morgan fingerprint density at radius 3 is 2.68 bits per heavy atom. The van der Waals surface area contributed by atoms with Crippen molar-refractivity contribution in [3.8, 4) is 0 Å². The third-order valence-electron chi connectivity index (χ3n) is 5.96. The molecule has 0 radical (unpaired) electrons. The summed E-state index contributed by atoms with van der Waals surface area (Å²) in [5, 5.41) is 4.42. The van der Waals surface area contributed by atoms with E-state index in [4.69, 9.17) is 12.2 Å². The van der Waals surface area contributed by atoms with Gasteiger partial charge in [0.05, 0.1) is 17.8 Å². The summed E-state index contributed by atoms with van der Waals surface area (Å²) in [4.78, 5) is 9.28. The van der Waals surface area contributed by atoms with Crippen molar-refractivity contribution in [2.75, 3.05) is 27.2 Å². The Morgan fingerprint density at radius 2 is 2.04 bits per heavy atom. The van der Waals surface area contributed by atoms with Crippen LogP contribution in [0.25, 0.3) is 0 Å². The molecular formula is C22H31N5S. The van der Waals surface area contributed by atoms with Crippen LogP contribution in [0.2, 0.25) is 0 Å². The molecule has 28 heavy (non-hydrogen) atoms. The van der Waals surface area contributed by atoms with Crippen LogP contribution in [-0.4, -0.2) is 51.6 Å². The van der Waals surface area contributed by atoms with Crippen molar-refractivity contribution < 1.29 is 0 Å². The number of hydrogen-bond donors (Lipinski definition) is 1. The molecule has 2 aromatic rings. The van der Waals surface area contributed by atoms with Crippen LogP contribution in [0, 0.1) is 13.8 Å². The molecular weight excluding hydrogens is 366 g/mol. The molecule has 1 aliphatic carbocycles. The van der Waals surface area contributed by atoms with Gasteiger partial charge in [0.25, 0.3) is 0 Å². The monoisotopic (exact) mass is 397 g/mol. The normalized spacial score (nSPS) is 22.2. The number of nitrogens with one attached hydrogen (secondary N) is 1. The fraction of sp³-hybridized carbons (Fsp3) is 0.545. The predicted octanol–water partition coefficient (Wildman–Crippen LogP) is 3.76. The van der Waals surface area contributed by atoms with Crippen molar-refractivity contribution in [2.45, 2.75) is 51.2 Å². The van der Waals surface area contributed by atoms with Crippen molar-refractivity contribution >= 4 is 17.3 Å². The summed E-state index contributed by atoms with van der Waals surface area (Å²) in [7, 11) is 4.25. The van der Waals surface area contributed by atoms with Crippen LogP contribution >= 0.6 is 12.2 Å². The Morgan fingerprint density at radius 1 is 1.25 bits per heavy atom. The minimum absolute atomic E-state index is 0.0845. The van der Waals surface area contributed by atoms with Gasteiger partial charge in [-0.1, -0.05) is 6.07 Å². The highest BCUT2D eigenvalue weighted by Gasteiger charge is 2.41. The first-order valence-corrected chi connectivity index (χ1v) is 10.7. The molecule has 2 aliphatic rings. The highest BCUT2D eigenvalue weighted by Crippen LogP contribution is 2.44. The summed E-state index contributed by atoms with van der Waals surface area (Å²) in [5.41, 5.74) is 5.19. The lowest BCUT2D eigenvalue weighted by molar-refractivity contribution is 0.292. The second kappa shape index (κ2) is 7.84. The van der Waals surface area contributed by atoms with E-state index in [0.717, 1.165) is 30.3 Å². The summed E-state index contributed by atoms with van der Waals surface area (Å²) in [6.45, 7) is 6.52. The van der Waals surface area contributed by atoms with E-state index in [2.05, 4.69) is 70.8 Å². The number of nitrogens with zero attached hydrogens (tertiary/aromatic N) is 4. The third-order valence-corrected chi connectivity index (χ3v) is 6.31. The van der Waals surface area contributed by atoms with Crippen molar-refractivity contribution in [1.82, 2.24) is 24.7 Å². The number of pyridine rings is 1. The van der Waals surface area contributed by atoms with Crippen LogP contribution < -0.4 is 5.32 Å². The molecule has 5 nitrogen and oxygen atoms in total. The first-order chi connectivity index (χ1) is 13.5. The van der Waals surface area contributed by atoms with E-state index in [1.807, 2.05) is 12.3 Å². The van der Waals surface area contributed by atoms with Crippen LogP contribution in [0.15, 0.2) is 30.5 Å². The Balaban J connectivity index is 1.70. The zero-order valence-electron chi connectivity index (χ0n) is 17.4. The molecule has 0 bridgehead atoms. The molecule has 1 saturated carbocycles. The van der Waals surface area contributed by atoms with Crippen molar-refractivity contribution in [1.29, 1.82) is 0 Å². The molecule has 2 aromatic heterocycles. The molecule has 4 rings (SSSR count). The zero-order chi connectivity index (χ0) is 19.8. The van der Waals surface area contributed by atoms with Gasteiger partial charge in [0.2, 0.25) is 0 Å². The van der Waals surface area contributed by atoms with E-state index in [9.17, 15) is 0 Å². The quantitative estimate of drug-likeness (QED) is 0.720. The molecule has 2 fully saturated rings. The maximum absolute atomic E-state index is 5.79. The fourth-order valence-corrected chi connectivity index (χ4v) is 4.87. The lowest BCUT2D eigenvalue weighted by Gasteiger charge is -2.28. The van der Waals surface area contributed by atoms with Gasteiger partial charge in [-0.2, -0.15) is 0 Å². The molecule has 1 aliphatic heterocycles. The zero-order valence-corrected chi connectivity index (χ0v) is 18.2. The summed E-state index contributed by atoms with van der Waals surface area (Å²) >= 11 is 5.79. The number of rotatable bonds is 7. The molecule has 0 spiro atoms. The number of aryl methyl sites for hydroxylation is 1. The minimum atomic E-state index is 0.0845. The van der Waals surface area contributed by atoms with E-state index in [1.54, 1.807) is 0 Å². The standard InChI is InChI=1S/C22H31N5S/c1-15-14-18(16(2)27(15)17-9-10-17)21-20(19-8-5-6-11-23-19)24-22(28)26(21)13-7-12-25(3)4/h5-6,8,11,14,17,20-21H,7,9-10,12-13H2,1-4H3,(H,24,28). The van der Waals surface area contributed by atoms with Gasteiger partial charge in [0, 0.05) is 30.2 Å². The van der Waals surface area contributed by atoms with Gasteiger partial charge in [-0.15, -0.1) is 0 Å². The average Bonchev–Trinajstić information content (AvgIpc) is 3.38. The number of aromatic nitrogens is 2. The maximum atomic E-state index is 5.79. The van der Waals surface area contributed by atoms with E-state index in [0.29, 0.717) is 6.04 Å². The number of thiocarbonyl (C=S) groups is 1. The number of hydrogen-bond acceptors (Lipinski definition) is 3. The third kappa shape index (κ3) is 3.67. The first-order valence-electron chi connectivity index (χ1n) is 10.3. The Bertz CT molecular complexity index is 840. The average molecular weight is 398 g/mol. The lowest BCUT2D eigenvalue weighted by Crippen LogP contribution is -2.32. The van der Waals surface area contributed by atoms with Crippen LogP contribution in [-0.2, 0) is 0 Å². The minimum Gasteiger partial charge on any atom is -0.352 e. The Hall–Kier alpha value is -1.92. The molecule has 0 amide bonds. The van der Waals surface area contributed by atoms with Crippen molar-refractivity contribution in [2.24, 2.45) is 0 Å². The largest absolute Gasteiger partial charge is 0.352 e. The summed E-state index contributed by atoms with van der Waals surface area (Å²) in [6.07, 6.45) is 5.56. The topological polar surface area (TPSA) is 36.3 Å². The van der Waals surface area contributed by atoms with Gasteiger partial charge in [-0.05, 0) is 89.7 Å². The highest BCUT2D eigenvalue weighted by atomic mass is 32.1. The fourth-order valence-electron chi connectivity index (χ4n) is 4.54. The Labute approximate surface area is 173 Å². The smallest absolute Gasteiger partial charge is 0.170 e. The predicted molar refractivity (Wildman–Crippen MR) is 118 cm³/mol. The molecule has 2 atom stereocenters. The van der Waals surface area contributed by atoms with Gasteiger partial charge >= 0.3 is 0 Å². The maximum Gasteiger partial charge on any atom is 0.170 e. The van der Waals surface area contributed by atoms with Crippen LogP contribution in [0.5, 0.6) is 0 Å². The molecule has 3 heterocycles. The molecule has 150 valence electrons. The van der Waals surface area contributed by atoms with Crippen LogP contribution in [0.4, 0.5) is 0 Å². The molecule has 1 saturated heterocycles. The van der Waals surface area contributed by atoms with Crippen molar-refractivity contribution in [3.63, 3.8) is 0 Å². The van der Waals surface area contributed by atoms with E-state index in [1.165, 1.54) is 29.8 Å². The Kier molecular flexibility index (Phi) is 5.43. The van der Waals surface area contributed by atoms with Crippen molar-refractivity contribution in [3.05, 3.63) is 53.1 Å². The summed E-state index contributed by atoms with van der Waals surface area (Å²) in [6, 6.07) is 9.47. The first kappa shape index (κ1) is 19.4. The van der Waals surface area contributed by atoms with E-state index >= 15 is 0 Å². The van der Waals surface area contributed by atoms with Gasteiger partial charge in [-0.3, -0.25) is 4.98 Å². The van der Waals surface area contributed by atoms with Gasteiger partial charge in [0.1, 0.15) is 0 Å². The summed E-state index contributed by atoms with van der Waals surface area (Å²) < 4.78 is 2.53. The molecule has 6 heteroatoms. The molecule has 2 unspecified atom stereocenters. The lowest BCUT2D eigenvalue weighted by atomic mass is 9.96. The summed E-state index contributed by atoms with van der Waals surface area (Å²) in [5.74, 6) is 0. The van der Waals surface area contributed by atoms with Gasteiger partial charge in [-0.25, -0.2) is 0 Å². The van der Waals surface area contributed by atoms with E-state index < -0.39 is 0 Å². The van der Waals surface area contributed by atoms with Crippen LogP contribution in [0.1, 0.15) is 60.0 Å². The van der Waals surface area contributed by atoms with Gasteiger partial charge in [0.15, 0.2) is 5.11 Å². The highest BCUT2D eigenvalue weighted by molar-refractivity contribution is 7.80. The second-order valence-electron chi connectivity index (χ2n) is 8.40. The van der Waals surface area contributed by atoms with E-state index in [-0.39, 0.29) is 12.1 Å². The van der Waals surface area contributed by atoms with Gasteiger partial charge < -0.3 is 19.7 Å².